The summed E-state index contributed by atoms with van der Waals surface area (Å²) in [5.41, 5.74) is 6.98. The molecule has 0 radical (unpaired) electrons. The summed E-state index contributed by atoms with van der Waals surface area (Å²) in [6, 6.07) is 7.52. The summed E-state index contributed by atoms with van der Waals surface area (Å²) in [5.74, 6) is 0. The van der Waals surface area contributed by atoms with Crippen LogP contribution < -0.4 is 5.73 Å². The van der Waals surface area contributed by atoms with Crippen molar-refractivity contribution >= 4 is 12.0 Å². The Morgan fingerprint density at radius 1 is 1.27 bits per heavy atom. The van der Waals surface area contributed by atoms with E-state index in [1.54, 1.807) is 0 Å². The second-order valence-corrected chi connectivity index (χ2v) is 4.08. The Labute approximate surface area is 94.5 Å². The van der Waals surface area contributed by atoms with Crippen LogP contribution in [0.1, 0.15) is 30.9 Å². The average molecular weight is 227 g/mol. The molecule has 0 saturated carbocycles. The molecule has 0 aliphatic heterocycles. The Balaban J connectivity index is 2.59. The third-order valence-electron chi connectivity index (χ3n) is 2.34. The van der Waals surface area contributed by atoms with Gasteiger partial charge >= 0.3 is 0 Å². The van der Waals surface area contributed by atoms with Gasteiger partial charge < -0.3 is 15.4 Å². The van der Waals surface area contributed by atoms with Crippen LogP contribution in [0.15, 0.2) is 29.2 Å². The SMILES string of the molecule is NC(CCCCO)c1ccccc1SO. The summed E-state index contributed by atoms with van der Waals surface area (Å²) in [7, 11) is 0. The molecular formula is C11H17NO2S. The van der Waals surface area contributed by atoms with E-state index >= 15 is 0 Å². The zero-order valence-corrected chi connectivity index (χ0v) is 9.41. The highest BCUT2D eigenvalue weighted by Gasteiger charge is 2.10. The molecule has 0 spiro atoms. The minimum atomic E-state index is -0.0626. The van der Waals surface area contributed by atoms with Gasteiger partial charge in [-0.25, -0.2) is 0 Å². The van der Waals surface area contributed by atoms with E-state index in [9.17, 15) is 0 Å². The molecule has 1 unspecified atom stereocenters. The lowest BCUT2D eigenvalue weighted by Crippen LogP contribution is -2.11. The van der Waals surface area contributed by atoms with Crippen LogP contribution >= 0.6 is 12.0 Å². The molecule has 0 amide bonds. The van der Waals surface area contributed by atoms with E-state index in [0.717, 1.165) is 41.8 Å². The molecule has 0 saturated heterocycles. The highest BCUT2D eigenvalue weighted by atomic mass is 32.2. The zero-order valence-electron chi connectivity index (χ0n) is 8.60. The normalized spacial score (nSPS) is 12.7. The molecule has 0 bridgehead atoms. The van der Waals surface area contributed by atoms with E-state index in [-0.39, 0.29) is 12.6 Å². The van der Waals surface area contributed by atoms with E-state index in [4.69, 9.17) is 15.4 Å². The van der Waals surface area contributed by atoms with E-state index in [1.165, 1.54) is 0 Å². The molecular weight excluding hydrogens is 210 g/mol. The van der Waals surface area contributed by atoms with Crippen LogP contribution in [0.4, 0.5) is 0 Å². The van der Waals surface area contributed by atoms with E-state index in [1.807, 2.05) is 24.3 Å². The van der Waals surface area contributed by atoms with Crippen molar-refractivity contribution in [1.29, 1.82) is 0 Å². The Hall–Kier alpha value is -0.550. The lowest BCUT2D eigenvalue weighted by Gasteiger charge is -2.14. The minimum absolute atomic E-state index is 0.0626. The van der Waals surface area contributed by atoms with Crippen molar-refractivity contribution in [1.82, 2.24) is 0 Å². The summed E-state index contributed by atoms with van der Waals surface area (Å²) in [6.45, 7) is 0.211. The standard InChI is InChI=1S/C11H17NO2S/c12-10(6-3-4-8-13)9-5-1-2-7-11(9)15-14/h1-2,5,7,10,13-14H,3-4,6,8,12H2. The van der Waals surface area contributed by atoms with Crippen molar-refractivity contribution in [2.75, 3.05) is 6.61 Å². The molecule has 0 aromatic heterocycles. The van der Waals surface area contributed by atoms with Gasteiger partial charge in [-0.05, 0) is 30.9 Å². The predicted molar refractivity (Wildman–Crippen MR) is 62.8 cm³/mol. The maximum Gasteiger partial charge on any atom is 0.0431 e. The quantitative estimate of drug-likeness (QED) is 0.516. The van der Waals surface area contributed by atoms with Crippen molar-refractivity contribution in [2.24, 2.45) is 5.73 Å². The van der Waals surface area contributed by atoms with Crippen molar-refractivity contribution in [2.45, 2.75) is 30.2 Å². The van der Waals surface area contributed by atoms with Crippen molar-refractivity contribution in [3.8, 4) is 0 Å². The molecule has 0 fully saturated rings. The number of nitrogens with two attached hydrogens (primary N) is 1. The first-order valence-electron chi connectivity index (χ1n) is 5.06. The van der Waals surface area contributed by atoms with Gasteiger partial charge in [-0.15, -0.1) is 0 Å². The van der Waals surface area contributed by atoms with E-state index in [2.05, 4.69) is 0 Å². The number of unbranched alkanes of at least 4 members (excludes halogenated alkanes) is 1. The van der Waals surface area contributed by atoms with Crippen molar-refractivity contribution in [3.05, 3.63) is 29.8 Å². The van der Waals surface area contributed by atoms with Gasteiger partial charge in [0, 0.05) is 29.6 Å². The summed E-state index contributed by atoms with van der Waals surface area (Å²) in [6.07, 6.45) is 2.52. The maximum atomic E-state index is 9.06. The van der Waals surface area contributed by atoms with Crippen LogP contribution in [0.2, 0.25) is 0 Å². The maximum absolute atomic E-state index is 9.06. The van der Waals surface area contributed by atoms with Crippen LogP contribution in [-0.2, 0) is 0 Å². The van der Waals surface area contributed by atoms with Gasteiger partial charge in [0.1, 0.15) is 0 Å². The van der Waals surface area contributed by atoms with Crippen molar-refractivity contribution in [3.63, 3.8) is 0 Å². The Kier molecular flexibility index (Phi) is 5.71. The molecule has 84 valence electrons. The fourth-order valence-electron chi connectivity index (χ4n) is 1.50. The van der Waals surface area contributed by atoms with Gasteiger partial charge in [-0.1, -0.05) is 18.2 Å². The van der Waals surface area contributed by atoms with Crippen molar-refractivity contribution < 1.29 is 9.66 Å². The lowest BCUT2D eigenvalue weighted by atomic mass is 10.0. The Morgan fingerprint density at radius 2 is 2.00 bits per heavy atom. The number of benzene rings is 1. The second-order valence-electron chi connectivity index (χ2n) is 3.45. The first kappa shape index (κ1) is 12.5. The highest BCUT2D eigenvalue weighted by molar-refractivity contribution is 7.93. The number of aliphatic hydroxyl groups excluding tert-OH is 1. The zero-order chi connectivity index (χ0) is 11.1. The second kappa shape index (κ2) is 6.85. The van der Waals surface area contributed by atoms with Gasteiger partial charge in [0.25, 0.3) is 0 Å². The molecule has 0 aliphatic rings. The molecule has 1 aromatic carbocycles. The predicted octanol–water partition coefficient (Wildman–Crippen LogP) is 2.41. The molecule has 4 N–H and O–H groups in total. The molecule has 0 aliphatic carbocycles. The molecule has 3 nitrogen and oxygen atoms in total. The average Bonchev–Trinajstić information content (AvgIpc) is 2.29. The fraction of sp³-hybridized carbons (Fsp3) is 0.455. The smallest absolute Gasteiger partial charge is 0.0431 e. The summed E-state index contributed by atoms with van der Waals surface area (Å²) < 4.78 is 9.06. The molecule has 1 aromatic rings. The molecule has 1 atom stereocenters. The fourth-order valence-corrected chi connectivity index (χ4v) is 1.97. The molecule has 0 heterocycles. The third kappa shape index (κ3) is 3.83. The largest absolute Gasteiger partial charge is 0.396 e. The molecule has 1 rings (SSSR count). The number of aliphatic hydroxyl groups is 1. The first-order valence-corrected chi connectivity index (χ1v) is 5.83. The van der Waals surface area contributed by atoms with Gasteiger partial charge in [-0.3, -0.25) is 0 Å². The van der Waals surface area contributed by atoms with E-state index < -0.39 is 0 Å². The summed E-state index contributed by atoms with van der Waals surface area (Å²) >= 11 is 0.734. The van der Waals surface area contributed by atoms with Crippen LogP contribution in [0.25, 0.3) is 0 Å². The minimum Gasteiger partial charge on any atom is -0.396 e. The Morgan fingerprint density at radius 3 is 2.67 bits per heavy atom. The lowest BCUT2D eigenvalue weighted by molar-refractivity contribution is 0.281. The van der Waals surface area contributed by atoms with Gasteiger partial charge in [0.15, 0.2) is 0 Å². The number of hydrogen-bond donors (Lipinski definition) is 3. The van der Waals surface area contributed by atoms with Crippen LogP contribution in [0, 0.1) is 0 Å². The monoisotopic (exact) mass is 227 g/mol. The van der Waals surface area contributed by atoms with Gasteiger partial charge in [-0.2, -0.15) is 0 Å². The first-order chi connectivity index (χ1) is 7.29. The topological polar surface area (TPSA) is 66.5 Å². The van der Waals surface area contributed by atoms with Crippen LogP contribution in [-0.4, -0.2) is 16.3 Å². The third-order valence-corrected chi connectivity index (χ3v) is 2.91. The number of hydrogen-bond acceptors (Lipinski definition) is 4. The molecule has 15 heavy (non-hydrogen) atoms. The van der Waals surface area contributed by atoms with Crippen LogP contribution in [0.3, 0.4) is 0 Å². The Bertz CT molecular complexity index is 294. The number of rotatable bonds is 6. The molecule has 4 heteroatoms. The highest BCUT2D eigenvalue weighted by Crippen LogP contribution is 2.26. The van der Waals surface area contributed by atoms with Crippen LogP contribution in [0.5, 0.6) is 0 Å². The summed E-state index contributed by atoms with van der Waals surface area (Å²) in [5, 5.41) is 8.67. The van der Waals surface area contributed by atoms with Gasteiger partial charge in [0.2, 0.25) is 0 Å². The van der Waals surface area contributed by atoms with Gasteiger partial charge in [0.05, 0.1) is 0 Å². The van der Waals surface area contributed by atoms with E-state index in [0.29, 0.717) is 0 Å². The summed E-state index contributed by atoms with van der Waals surface area (Å²) in [4.78, 5) is 0.814.